The first-order chi connectivity index (χ1) is 8.34. The number of aromatic nitrogens is 3. The van der Waals surface area contributed by atoms with Gasteiger partial charge in [-0.15, -0.1) is 0 Å². The average molecular weight is 228 g/mol. The van der Waals surface area contributed by atoms with E-state index < -0.39 is 0 Å². The second-order valence-corrected chi connectivity index (χ2v) is 4.60. The molecule has 1 fully saturated rings. The Morgan fingerprint density at radius 1 is 1.29 bits per heavy atom. The van der Waals surface area contributed by atoms with Crippen LogP contribution in [0.15, 0.2) is 31.0 Å². The molecular weight excluding hydrogens is 212 g/mol. The maximum Gasteiger partial charge on any atom is 0.0994 e. The zero-order valence-electron chi connectivity index (χ0n) is 9.93. The summed E-state index contributed by atoms with van der Waals surface area (Å²) >= 11 is 0. The fraction of sp³-hybridized carbons (Fsp3) is 0.385. The summed E-state index contributed by atoms with van der Waals surface area (Å²) in [5, 5.41) is 3.39. The summed E-state index contributed by atoms with van der Waals surface area (Å²) in [5.74, 6) is 0.568. The highest BCUT2D eigenvalue weighted by Crippen LogP contribution is 2.24. The highest BCUT2D eigenvalue weighted by molar-refractivity contribution is 5.34. The van der Waals surface area contributed by atoms with E-state index in [1.54, 1.807) is 0 Å². The summed E-state index contributed by atoms with van der Waals surface area (Å²) in [4.78, 5) is 8.52. The van der Waals surface area contributed by atoms with Crippen molar-refractivity contribution < 1.29 is 0 Å². The molecule has 0 bridgehead atoms. The van der Waals surface area contributed by atoms with Gasteiger partial charge in [0, 0.05) is 30.6 Å². The van der Waals surface area contributed by atoms with Crippen LogP contribution in [0.2, 0.25) is 0 Å². The van der Waals surface area contributed by atoms with Gasteiger partial charge in [0.05, 0.1) is 18.2 Å². The molecule has 0 aliphatic carbocycles. The number of rotatable bonds is 2. The number of nitrogens with one attached hydrogen (secondary N) is 1. The molecule has 0 saturated carbocycles. The lowest BCUT2D eigenvalue weighted by atomic mass is 10.1. The molecule has 0 spiro atoms. The van der Waals surface area contributed by atoms with Crippen molar-refractivity contribution in [1.82, 2.24) is 19.9 Å². The van der Waals surface area contributed by atoms with Crippen molar-refractivity contribution in [3.8, 4) is 5.69 Å². The Hall–Kier alpha value is -1.68. The molecule has 1 unspecified atom stereocenters. The van der Waals surface area contributed by atoms with Crippen molar-refractivity contribution in [2.75, 3.05) is 13.1 Å². The Labute approximate surface area is 101 Å². The molecule has 3 heterocycles. The third-order valence-electron chi connectivity index (χ3n) is 3.28. The first kappa shape index (κ1) is 10.5. The molecule has 2 aromatic heterocycles. The molecule has 1 atom stereocenters. The van der Waals surface area contributed by atoms with Gasteiger partial charge in [-0.3, -0.25) is 4.98 Å². The van der Waals surface area contributed by atoms with Crippen molar-refractivity contribution >= 4 is 0 Å². The molecule has 4 nitrogen and oxygen atoms in total. The molecule has 0 aromatic carbocycles. The zero-order valence-corrected chi connectivity index (χ0v) is 9.93. The van der Waals surface area contributed by atoms with E-state index in [1.807, 2.05) is 24.9 Å². The number of imidazole rings is 1. The molecule has 88 valence electrons. The lowest BCUT2D eigenvalue weighted by molar-refractivity contribution is 0.713. The molecule has 2 aromatic rings. The van der Waals surface area contributed by atoms with Crippen LogP contribution in [0.3, 0.4) is 0 Å². The van der Waals surface area contributed by atoms with Crippen LogP contribution in [-0.2, 0) is 0 Å². The van der Waals surface area contributed by atoms with Crippen LogP contribution in [0.4, 0.5) is 0 Å². The van der Waals surface area contributed by atoms with Gasteiger partial charge in [0.25, 0.3) is 0 Å². The van der Waals surface area contributed by atoms with Gasteiger partial charge in [-0.1, -0.05) is 0 Å². The summed E-state index contributed by atoms with van der Waals surface area (Å²) in [6.45, 7) is 4.21. The second kappa shape index (κ2) is 4.30. The Kier molecular flexibility index (Phi) is 2.65. The number of pyridine rings is 1. The van der Waals surface area contributed by atoms with Crippen molar-refractivity contribution in [1.29, 1.82) is 0 Å². The van der Waals surface area contributed by atoms with Crippen LogP contribution in [0.5, 0.6) is 0 Å². The molecule has 1 saturated heterocycles. The highest BCUT2D eigenvalue weighted by atomic mass is 15.1. The maximum atomic E-state index is 4.28. The molecule has 1 N–H and O–H groups in total. The quantitative estimate of drug-likeness (QED) is 0.850. The van der Waals surface area contributed by atoms with Crippen LogP contribution < -0.4 is 5.32 Å². The van der Waals surface area contributed by atoms with E-state index in [9.17, 15) is 0 Å². The van der Waals surface area contributed by atoms with Gasteiger partial charge in [0.1, 0.15) is 0 Å². The SMILES string of the molecule is Cc1cncc(-n2cncc2C2CCNC2)c1. The van der Waals surface area contributed by atoms with Gasteiger partial charge in [0.2, 0.25) is 0 Å². The Morgan fingerprint density at radius 2 is 2.24 bits per heavy atom. The smallest absolute Gasteiger partial charge is 0.0994 e. The lowest BCUT2D eigenvalue weighted by Crippen LogP contribution is -2.10. The summed E-state index contributed by atoms with van der Waals surface area (Å²) in [6, 6.07) is 2.14. The third-order valence-corrected chi connectivity index (χ3v) is 3.28. The minimum atomic E-state index is 0.568. The molecule has 17 heavy (non-hydrogen) atoms. The lowest BCUT2D eigenvalue weighted by Gasteiger charge is -2.12. The van der Waals surface area contributed by atoms with Gasteiger partial charge in [-0.25, -0.2) is 4.98 Å². The first-order valence-electron chi connectivity index (χ1n) is 5.99. The maximum absolute atomic E-state index is 4.28. The minimum Gasteiger partial charge on any atom is -0.316 e. The van der Waals surface area contributed by atoms with E-state index in [0.29, 0.717) is 5.92 Å². The molecule has 1 aliphatic heterocycles. The predicted octanol–water partition coefficient (Wildman–Crippen LogP) is 1.65. The number of nitrogens with zero attached hydrogens (tertiary/aromatic N) is 3. The van der Waals surface area contributed by atoms with Crippen LogP contribution in [0.25, 0.3) is 5.69 Å². The number of hydrogen-bond acceptors (Lipinski definition) is 3. The highest BCUT2D eigenvalue weighted by Gasteiger charge is 2.20. The fourth-order valence-electron chi connectivity index (χ4n) is 2.40. The van der Waals surface area contributed by atoms with Crippen molar-refractivity contribution in [2.45, 2.75) is 19.3 Å². The third kappa shape index (κ3) is 1.96. The molecule has 4 heteroatoms. The van der Waals surface area contributed by atoms with E-state index in [1.165, 1.54) is 17.7 Å². The van der Waals surface area contributed by atoms with E-state index in [2.05, 4.69) is 32.8 Å². The van der Waals surface area contributed by atoms with Gasteiger partial charge in [0.15, 0.2) is 0 Å². The average Bonchev–Trinajstić information content (AvgIpc) is 3.00. The molecular formula is C13H16N4. The standard InChI is InChI=1S/C13H16N4/c1-10-4-12(7-15-5-10)17-9-16-8-13(17)11-2-3-14-6-11/h4-5,7-9,11,14H,2-3,6H2,1H3. The molecule has 0 amide bonds. The minimum absolute atomic E-state index is 0.568. The molecule has 1 aliphatic rings. The monoisotopic (exact) mass is 228 g/mol. The van der Waals surface area contributed by atoms with Gasteiger partial charge in [-0.05, 0) is 31.5 Å². The van der Waals surface area contributed by atoms with Gasteiger partial charge < -0.3 is 9.88 Å². The van der Waals surface area contributed by atoms with Crippen LogP contribution in [0.1, 0.15) is 23.6 Å². The Morgan fingerprint density at radius 3 is 3.00 bits per heavy atom. The summed E-state index contributed by atoms with van der Waals surface area (Å²) < 4.78 is 2.15. The van der Waals surface area contributed by atoms with Crippen LogP contribution in [0, 0.1) is 6.92 Å². The van der Waals surface area contributed by atoms with E-state index in [0.717, 1.165) is 18.8 Å². The zero-order chi connectivity index (χ0) is 11.7. The van der Waals surface area contributed by atoms with E-state index in [-0.39, 0.29) is 0 Å². The Balaban J connectivity index is 2.00. The van der Waals surface area contributed by atoms with Crippen molar-refractivity contribution in [3.05, 3.63) is 42.2 Å². The molecule has 0 radical (unpaired) electrons. The van der Waals surface area contributed by atoms with Crippen LogP contribution >= 0.6 is 0 Å². The largest absolute Gasteiger partial charge is 0.316 e. The normalized spacial score (nSPS) is 19.7. The topological polar surface area (TPSA) is 42.7 Å². The van der Waals surface area contributed by atoms with E-state index >= 15 is 0 Å². The van der Waals surface area contributed by atoms with Crippen LogP contribution in [-0.4, -0.2) is 27.6 Å². The van der Waals surface area contributed by atoms with Crippen molar-refractivity contribution in [2.24, 2.45) is 0 Å². The van der Waals surface area contributed by atoms with Crippen molar-refractivity contribution in [3.63, 3.8) is 0 Å². The first-order valence-corrected chi connectivity index (χ1v) is 5.99. The second-order valence-electron chi connectivity index (χ2n) is 4.60. The number of aryl methyl sites for hydroxylation is 1. The molecule has 3 rings (SSSR count). The summed E-state index contributed by atoms with van der Waals surface area (Å²) in [5.41, 5.74) is 3.55. The number of hydrogen-bond donors (Lipinski definition) is 1. The fourth-order valence-corrected chi connectivity index (χ4v) is 2.40. The summed E-state index contributed by atoms with van der Waals surface area (Å²) in [6.07, 6.45) is 8.80. The predicted molar refractivity (Wildman–Crippen MR) is 66.3 cm³/mol. The van der Waals surface area contributed by atoms with E-state index in [4.69, 9.17) is 0 Å². The van der Waals surface area contributed by atoms with Gasteiger partial charge >= 0.3 is 0 Å². The Bertz CT molecular complexity index is 512. The summed E-state index contributed by atoms with van der Waals surface area (Å²) in [7, 11) is 0. The van der Waals surface area contributed by atoms with Gasteiger partial charge in [-0.2, -0.15) is 0 Å².